The van der Waals surface area contributed by atoms with Gasteiger partial charge in [0.2, 0.25) is 0 Å². The van der Waals surface area contributed by atoms with Crippen LogP contribution < -0.4 is 15.5 Å². The second kappa shape index (κ2) is 9.53. The van der Waals surface area contributed by atoms with Crippen LogP contribution in [0.15, 0.2) is 42.5 Å². The zero-order chi connectivity index (χ0) is 20.0. The fourth-order valence-corrected chi connectivity index (χ4v) is 3.19. The highest BCUT2D eigenvalue weighted by Crippen LogP contribution is 2.21. The SMILES string of the molecule is Cc1cccc(NC(=O)C[NH+](C)CC(=O)N[C@@H](C)c2ccccc2Cl)c1C. The lowest BCUT2D eigenvalue weighted by molar-refractivity contribution is -0.862. The normalized spacial score (nSPS) is 12.9. The van der Waals surface area contributed by atoms with E-state index >= 15 is 0 Å². The molecule has 3 N–H and O–H groups in total. The second-order valence-corrected chi connectivity index (χ2v) is 7.32. The Labute approximate surface area is 165 Å². The van der Waals surface area contributed by atoms with Crippen molar-refractivity contribution in [3.05, 3.63) is 64.2 Å². The lowest BCUT2D eigenvalue weighted by Gasteiger charge is -2.18. The summed E-state index contributed by atoms with van der Waals surface area (Å²) >= 11 is 6.17. The first-order chi connectivity index (χ1) is 12.8. The minimum atomic E-state index is -0.192. The van der Waals surface area contributed by atoms with Crippen LogP contribution >= 0.6 is 11.6 Å². The number of carbonyl (C=O) groups is 2. The summed E-state index contributed by atoms with van der Waals surface area (Å²) in [7, 11) is 1.82. The van der Waals surface area contributed by atoms with E-state index in [9.17, 15) is 9.59 Å². The highest BCUT2D eigenvalue weighted by Gasteiger charge is 2.18. The maximum atomic E-state index is 12.3. The van der Waals surface area contributed by atoms with Crippen molar-refractivity contribution in [1.29, 1.82) is 0 Å². The quantitative estimate of drug-likeness (QED) is 0.681. The first kappa shape index (κ1) is 20.9. The molecular formula is C21H27ClN3O2+. The smallest absolute Gasteiger partial charge is 0.279 e. The monoisotopic (exact) mass is 388 g/mol. The molecule has 1 unspecified atom stereocenters. The van der Waals surface area contributed by atoms with Gasteiger partial charge in [0.05, 0.1) is 13.1 Å². The van der Waals surface area contributed by atoms with E-state index in [4.69, 9.17) is 11.6 Å². The van der Waals surface area contributed by atoms with Gasteiger partial charge in [-0.05, 0) is 49.6 Å². The van der Waals surface area contributed by atoms with E-state index in [2.05, 4.69) is 10.6 Å². The predicted octanol–water partition coefficient (Wildman–Crippen LogP) is 2.29. The average Bonchev–Trinajstić information content (AvgIpc) is 2.58. The average molecular weight is 389 g/mol. The van der Waals surface area contributed by atoms with Crippen molar-refractivity contribution in [3.63, 3.8) is 0 Å². The van der Waals surface area contributed by atoms with Gasteiger partial charge in [-0.2, -0.15) is 0 Å². The van der Waals surface area contributed by atoms with Gasteiger partial charge in [0.15, 0.2) is 13.1 Å². The van der Waals surface area contributed by atoms with Crippen molar-refractivity contribution in [2.75, 3.05) is 25.5 Å². The molecule has 5 nitrogen and oxygen atoms in total. The molecular weight excluding hydrogens is 362 g/mol. The predicted molar refractivity (Wildman–Crippen MR) is 109 cm³/mol. The Bertz CT molecular complexity index is 823. The van der Waals surface area contributed by atoms with Crippen molar-refractivity contribution in [1.82, 2.24) is 5.32 Å². The van der Waals surface area contributed by atoms with Crippen LogP contribution in [0, 0.1) is 13.8 Å². The molecule has 0 radical (unpaired) electrons. The fraction of sp³-hybridized carbons (Fsp3) is 0.333. The van der Waals surface area contributed by atoms with Crippen molar-refractivity contribution in [2.45, 2.75) is 26.8 Å². The number of hydrogen-bond acceptors (Lipinski definition) is 2. The molecule has 0 spiro atoms. The van der Waals surface area contributed by atoms with Gasteiger partial charge in [-0.15, -0.1) is 0 Å². The molecule has 0 aliphatic rings. The number of quaternary nitrogens is 1. The number of halogens is 1. The summed E-state index contributed by atoms with van der Waals surface area (Å²) < 4.78 is 0. The molecule has 6 heteroatoms. The maximum Gasteiger partial charge on any atom is 0.279 e. The number of carbonyl (C=O) groups excluding carboxylic acids is 2. The Balaban J connectivity index is 1.84. The molecule has 0 fully saturated rings. The lowest BCUT2D eigenvalue weighted by atomic mass is 10.1. The van der Waals surface area contributed by atoms with Crippen molar-refractivity contribution in [2.24, 2.45) is 0 Å². The third-order valence-corrected chi connectivity index (χ3v) is 4.90. The summed E-state index contributed by atoms with van der Waals surface area (Å²) in [5, 5.41) is 6.48. The molecule has 0 saturated carbocycles. The van der Waals surface area contributed by atoms with Crippen LogP contribution in [0.1, 0.15) is 29.7 Å². The molecule has 0 bridgehead atoms. The zero-order valence-corrected chi connectivity index (χ0v) is 17.0. The summed E-state index contributed by atoms with van der Waals surface area (Å²) in [5.74, 6) is -0.243. The van der Waals surface area contributed by atoms with Gasteiger partial charge in [0, 0.05) is 10.7 Å². The highest BCUT2D eigenvalue weighted by atomic mass is 35.5. The van der Waals surface area contributed by atoms with Crippen LogP contribution in [-0.4, -0.2) is 32.0 Å². The fourth-order valence-electron chi connectivity index (χ4n) is 2.89. The molecule has 2 rings (SSSR count). The third-order valence-electron chi connectivity index (χ3n) is 4.55. The van der Waals surface area contributed by atoms with Crippen LogP contribution in [0.5, 0.6) is 0 Å². The Morgan fingerprint density at radius 3 is 2.41 bits per heavy atom. The van der Waals surface area contributed by atoms with Gasteiger partial charge < -0.3 is 15.5 Å². The molecule has 144 valence electrons. The Morgan fingerprint density at radius 1 is 1.04 bits per heavy atom. The Kier molecular flexibility index (Phi) is 7.39. The third kappa shape index (κ3) is 6.08. The summed E-state index contributed by atoms with van der Waals surface area (Å²) in [6, 6.07) is 13.0. The number of nitrogens with one attached hydrogen (secondary N) is 3. The van der Waals surface area contributed by atoms with E-state index in [0.717, 1.165) is 27.3 Å². The van der Waals surface area contributed by atoms with E-state index in [-0.39, 0.29) is 30.9 Å². The van der Waals surface area contributed by atoms with Crippen LogP contribution in [-0.2, 0) is 9.59 Å². The summed E-state index contributed by atoms with van der Waals surface area (Å²) in [6.07, 6.45) is 0. The first-order valence-corrected chi connectivity index (χ1v) is 9.37. The molecule has 2 aromatic carbocycles. The van der Waals surface area contributed by atoms with Gasteiger partial charge in [-0.1, -0.05) is 41.9 Å². The van der Waals surface area contributed by atoms with Crippen LogP contribution in [0.4, 0.5) is 5.69 Å². The molecule has 0 aliphatic heterocycles. The first-order valence-electron chi connectivity index (χ1n) is 8.99. The van der Waals surface area contributed by atoms with E-state index < -0.39 is 0 Å². The summed E-state index contributed by atoms with van der Waals surface area (Å²) in [5.41, 5.74) is 3.86. The number of hydrogen-bond donors (Lipinski definition) is 3. The number of anilines is 1. The van der Waals surface area contributed by atoms with Crippen LogP contribution in [0.2, 0.25) is 5.02 Å². The molecule has 2 amide bonds. The highest BCUT2D eigenvalue weighted by molar-refractivity contribution is 6.31. The van der Waals surface area contributed by atoms with E-state index in [1.54, 1.807) is 6.07 Å². The summed E-state index contributed by atoms with van der Waals surface area (Å²) in [6.45, 7) is 6.29. The van der Waals surface area contributed by atoms with Gasteiger partial charge in [0.1, 0.15) is 0 Å². The standard InChI is InChI=1S/C21H26ClN3O2/c1-14-8-7-11-19(15(14)2)24-21(27)13-25(4)12-20(26)23-16(3)17-9-5-6-10-18(17)22/h5-11,16H,12-13H2,1-4H3,(H,23,26)(H,24,27)/p+1/t16-/m0/s1. The molecule has 0 aliphatic carbocycles. The largest absolute Gasteiger partial charge is 0.345 e. The van der Waals surface area contributed by atoms with Crippen molar-refractivity contribution in [3.8, 4) is 0 Å². The molecule has 27 heavy (non-hydrogen) atoms. The molecule has 2 atom stereocenters. The minimum absolute atomic E-state index is 0.117. The van der Waals surface area contributed by atoms with Crippen molar-refractivity contribution < 1.29 is 14.5 Å². The number of benzene rings is 2. The van der Waals surface area contributed by atoms with Gasteiger partial charge in [-0.3, -0.25) is 9.59 Å². The Hall–Kier alpha value is -2.37. The Morgan fingerprint density at radius 2 is 1.70 bits per heavy atom. The topological polar surface area (TPSA) is 62.6 Å². The van der Waals surface area contributed by atoms with Crippen LogP contribution in [0.3, 0.4) is 0 Å². The van der Waals surface area contributed by atoms with Gasteiger partial charge in [0.25, 0.3) is 11.8 Å². The number of aryl methyl sites for hydroxylation is 1. The molecule has 0 aromatic heterocycles. The molecule has 0 saturated heterocycles. The molecule has 0 heterocycles. The zero-order valence-electron chi connectivity index (χ0n) is 16.2. The number of amides is 2. The minimum Gasteiger partial charge on any atom is -0.345 e. The van der Waals surface area contributed by atoms with Gasteiger partial charge in [-0.25, -0.2) is 0 Å². The molecule has 2 aromatic rings. The van der Waals surface area contributed by atoms with E-state index in [1.807, 2.05) is 64.2 Å². The van der Waals surface area contributed by atoms with Crippen LogP contribution in [0.25, 0.3) is 0 Å². The van der Waals surface area contributed by atoms with E-state index in [0.29, 0.717) is 5.02 Å². The van der Waals surface area contributed by atoms with Crippen molar-refractivity contribution >= 4 is 29.1 Å². The number of rotatable bonds is 7. The lowest BCUT2D eigenvalue weighted by Crippen LogP contribution is -3.11. The summed E-state index contributed by atoms with van der Waals surface area (Å²) in [4.78, 5) is 25.4. The van der Waals surface area contributed by atoms with Gasteiger partial charge >= 0.3 is 0 Å². The second-order valence-electron chi connectivity index (χ2n) is 6.92. The van der Waals surface area contributed by atoms with E-state index in [1.165, 1.54) is 0 Å². The maximum absolute atomic E-state index is 12.3. The number of likely N-dealkylation sites (N-methyl/N-ethyl adjacent to an activating group) is 1.